The van der Waals surface area contributed by atoms with Gasteiger partial charge in [0.05, 0.1) is 22.3 Å². The lowest BCUT2D eigenvalue weighted by Gasteiger charge is -2.29. The molecule has 0 unspecified atom stereocenters. The van der Waals surface area contributed by atoms with Crippen LogP contribution in [0.15, 0.2) is 72.8 Å². The summed E-state index contributed by atoms with van der Waals surface area (Å²) in [7, 11) is 0. The minimum atomic E-state index is -1.18. The van der Waals surface area contributed by atoms with Crippen LogP contribution in [-0.2, 0) is 14.4 Å². The van der Waals surface area contributed by atoms with Crippen LogP contribution in [0.4, 0.5) is 21.5 Å². The quantitative estimate of drug-likeness (QED) is 0.320. The van der Waals surface area contributed by atoms with Crippen LogP contribution in [0.5, 0.6) is 0 Å². The number of para-hydroxylation sites is 1. The maximum absolute atomic E-state index is 13.5. The third-order valence-electron chi connectivity index (χ3n) is 5.72. The highest BCUT2D eigenvalue weighted by atomic mass is 35.5. The Morgan fingerprint density at radius 1 is 0.939 bits per heavy atom. The lowest BCUT2D eigenvalue weighted by atomic mass is 9.90. The number of benzene rings is 3. The van der Waals surface area contributed by atoms with Gasteiger partial charge in [0.1, 0.15) is 11.7 Å². The number of halogens is 2. The van der Waals surface area contributed by atoms with Gasteiger partial charge in [-0.1, -0.05) is 29.8 Å². The maximum atomic E-state index is 13.5. The van der Waals surface area contributed by atoms with Crippen LogP contribution in [-0.4, -0.2) is 22.8 Å². The average Bonchev–Trinajstić information content (AvgIpc) is 3.31. The summed E-state index contributed by atoms with van der Waals surface area (Å²) >= 11 is 6.42. The molecule has 0 saturated carbocycles. The van der Waals surface area contributed by atoms with Crippen molar-refractivity contribution in [3.63, 3.8) is 0 Å². The molecule has 2 aliphatic heterocycles. The first kappa shape index (κ1) is 21.0. The number of hydroxylamine groups is 1. The first-order chi connectivity index (χ1) is 15.9. The number of carbonyl (C=O) groups excluding carboxylic acids is 2. The van der Waals surface area contributed by atoms with Crippen molar-refractivity contribution in [2.75, 3.05) is 9.96 Å². The standard InChI is InChI=1S/C23H15ClFN3O5/c24-18-11-10-16(28(31)32)12-17(18)20-19-21(33-27(20)15-4-2-1-3-5-15)23(30)26(22(19)29)14-8-6-13(25)7-9-14/h1-12,19-21H/t19-,20+,21+/m0/s1. The van der Waals surface area contributed by atoms with Crippen LogP contribution in [0, 0.1) is 21.8 Å². The van der Waals surface area contributed by atoms with E-state index >= 15 is 0 Å². The van der Waals surface area contributed by atoms with Crippen molar-refractivity contribution in [1.82, 2.24) is 0 Å². The molecule has 0 aromatic heterocycles. The SMILES string of the molecule is O=C1[C@H]2[C@@H](c3cc([N+](=O)[O-])ccc3Cl)N(c3ccccc3)O[C@H]2C(=O)N1c1ccc(F)cc1. The number of anilines is 2. The number of fused-ring (bicyclic) bond motifs is 1. The summed E-state index contributed by atoms with van der Waals surface area (Å²) in [6, 6.07) is 16.7. The van der Waals surface area contributed by atoms with Crippen molar-refractivity contribution in [3.05, 3.63) is 99.3 Å². The molecule has 8 nitrogen and oxygen atoms in total. The van der Waals surface area contributed by atoms with Crippen molar-refractivity contribution < 1.29 is 23.7 Å². The second kappa shape index (κ2) is 7.95. The maximum Gasteiger partial charge on any atom is 0.269 e. The summed E-state index contributed by atoms with van der Waals surface area (Å²) in [6.45, 7) is 0. The Bertz CT molecular complexity index is 1270. The van der Waals surface area contributed by atoms with E-state index in [-0.39, 0.29) is 22.0 Å². The number of amides is 2. The van der Waals surface area contributed by atoms with Crippen LogP contribution in [0.2, 0.25) is 5.02 Å². The number of carbonyl (C=O) groups is 2. The molecule has 2 saturated heterocycles. The van der Waals surface area contributed by atoms with E-state index in [1.54, 1.807) is 30.3 Å². The van der Waals surface area contributed by atoms with Gasteiger partial charge in [0.15, 0.2) is 6.10 Å². The van der Waals surface area contributed by atoms with Gasteiger partial charge in [0, 0.05) is 22.7 Å². The Kier molecular flexibility index (Phi) is 5.07. The smallest absolute Gasteiger partial charge is 0.269 e. The van der Waals surface area contributed by atoms with Crippen molar-refractivity contribution in [1.29, 1.82) is 0 Å². The summed E-state index contributed by atoms with van der Waals surface area (Å²) in [5.74, 6) is -2.71. The fourth-order valence-electron chi connectivity index (χ4n) is 4.25. The average molecular weight is 468 g/mol. The normalized spacial score (nSPS) is 22.1. The van der Waals surface area contributed by atoms with Crippen molar-refractivity contribution in [2.45, 2.75) is 12.1 Å². The predicted molar refractivity (Wildman–Crippen MR) is 117 cm³/mol. The number of non-ortho nitro benzene ring substituents is 1. The molecule has 0 bridgehead atoms. The largest absolute Gasteiger partial charge is 0.273 e. The highest BCUT2D eigenvalue weighted by Crippen LogP contribution is 2.49. The Balaban J connectivity index is 1.63. The molecule has 2 heterocycles. The first-order valence-electron chi connectivity index (χ1n) is 9.95. The molecule has 5 rings (SSSR count). The zero-order valence-electron chi connectivity index (χ0n) is 16.8. The van der Waals surface area contributed by atoms with E-state index in [9.17, 15) is 24.1 Å². The molecule has 2 aliphatic rings. The highest BCUT2D eigenvalue weighted by molar-refractivity contribution is 6.31. The molecule has 0 spiro atoms. The molecule has 33 heavy (non-hydrogen) atoms. The van der Waals surface area contributed by atoms with Gasteiger partial charge in [-0.3, -0.25) is 24.5 Å². The molecule has 10 heteroatoms. The molecule has 3 atom stereocenters. The van der Waals surface area contributed by atoms with Gasteiger partial charge >= 0.3 is 0 Å². The Morgan fingerprint density at radius 2 is 1.64 bits per heavy atom. The summed E-state index contributed by atoms with van der Waals surface area (Å²) in [6.07, 6.45) is -1.18. The fraction of sp³-hybridized carbons (Fsp3) is 0.130. The first-order valence-corrected chi connectivity index (χ1v) is 10.3. The van der Waals surface area contributed by atoms with E-state index in [0.29, 0.717) is 5.69 Å². The zero-order valence-corrected chi connectivity index (χ0v) is 17.6. The minimum absolute atomic E-state index is 0.191. The number of hydrogen-bond acceptors (Lipinski definition) is 6. The number of rotatable bonds is 4. The summed E-state index contributed by atoms with van der Waals surface area (Å²) < 4.78 is 13.4. The summed E-state index contributed by atoms with van der Waals surface area (Å²) in [5.41, 5.74) is 0.829. The molecule has 0 radical (unpaired) electrons. The lowest BCUT2D eigenvalue weighted by Crippen LogP contribution is -2.37. The molecule has 2 fully saturated rings. The summed E-state index contributed by atoms with van der Waals surface area (Å²) in [5, 5.41) is 13.0. The molecule has 0 N–H and O–H groups in total. The number of nitro benzene ring substituents is 1. The monoisotopic (exact) mass is 467 g/mol. The predicted octanol–water partition coefficient (Wildman–Crippen LogP) is 4.44. The zero-order chi connectivity index (χ0) is 23.3. The van der Waals surface area contributed by atoms with Crippen molar-refractivity contribution in [3.8, 4) is 0 Å². The van der Waals surface area contributed by atoms with Crippen LogP contribution in [0.3, 0.4) is 0 Å². The van der Waals surface area contributed by atoms with Gasteiger partial charge in [-0.15, -0.1) is 0 Å². The summed E-state index contributed by atoms with van der Waals surface area (Å²) in [4.78, 5) is 44.5. The van der Waals surface area contributed by atoms with Crippen LogP contribution in [0.25, 0.3) is 0 Å². The molecule has 3 aromatic rings. The van der Waals surface area contributed by atoms with Gasteiger partial charge in [-0.25, -0.2) is 14.4 Å². The van der Waals surface area contributed by atoms with Crippen LogP contribution in [0.1, 0.15) is 11.6 Å². The van der Waals surface area contributed by atoms with Gasteiger partial charge in [-0.05, 0) is 42.5 Å². The van der Waals surface area contributed by atoms with Gasteiger partial charge in [0.25, 0.3) is 11.6 Å². The van der Waals surface area contributed by atoms with Gasteiger partial charge in [-0.2, -0.15) is 0 Å². The highest BCUT2D eigenvalue weighted by Gasteiger charge is 2.60. The fourth-order valence-corrected chi connectivity index (χ4v) is 4.47. The third kappa shape index (κ3) is 3.42. The topological polar surface area (TPSA) is 93.0 Å². The van der Waals surface area contributed by atoms with Crippen molar-refractivity contribution in [2.24, 2.45) is 5.92 Å². The molecular formula is C23H15ClFN3O5. The van der Waals surface area contributed by atoms with Gasteiger partial charge < -0.3 is 0 Å². The Morgan fingerprint density at radius 3 is 2.30 bits per heavy atom. The van der Waals surface area contributed by atoms with Crippen molar-refractivity contribution >= 4 is 40.5 Å². The van der Waals surface area contributed by atoms with E-state index in [1.807, 2.05) is 0 Å². The molecular weight excluding hydrogens is 453 g/mol. The van der Waals surface area contributed by atoms with E-state index in [2.05, 4.69) is 0 Å². The van der Waals surface area contributed by atoms with E-state index < -0.39 is 40.6 Å². The molecule has 3 aromatic carbocycles. The van der Waals surface area contributed by atoms with Crippen LogP contribution < -0.4 is 9.96 Å². The minimum Gasteiger partial charge on any atom is -0.273 e. The molecule has 0 aliphatic carbocycles. The second-order valence-electron chi connectivity index (χ2n) is 7.61. The van der Waals surface area contributed by atoms with E-state index in [0.717, 1.165) is 17.0 Å². The Hall–Kier alpha value is -3.82. The molecule has 166 valence electrons. The number of nitro groups is 1. The second-order valence-corrected chi connectivity index (χ2v) is 8.02. The van der Waals surface area contributed by atoms with Gasteiger partial charge in [0.2, 0.25) is 5.91 Å². The molecule has 2 amide bonds. The number of hydrogen-bond donors (Lipinski definition) is 0. The number of imide groups is 1. The van der Waals surface area contributed by atoms with E-state index in [4.69, 9.17) is 16.4 Å². The van der Waals surface area contributed by atoms with Crippen LogP contribution >= 0.6 is 11.6 Å². The van der Waals surface area contributed by atoms with E-state index in [1.165, 1.54) is 35.4 Å². The third-order valence-corrected chi connectivity index (χ3v) is 6.06. The lowest BCUT2D eigenvalue weighted by molar-refractivity contribution is -0.384. The number of nitrogens with zero attached hydrogens (tertiary/aromatic N) is 3. The Labute approximate surface area is 191 Å².